The Morgan fingerprint density at radius 2 is 1.64 bits per heavy atom. The number of hydrogen-bond donors (Lipinski definition) is 0. The van der Waals surface area contributed by atoms with E-state index >= 15 is 0 Å². The van der Waals surface area contributed by atoms with E-state index in [1.807, 2.05) is 11.0 Å². The largest absolute Gasteiger partial charge is 0.368 e. The summed E-state index contributed by atoms with van der Waals surface area (Å²) in [5.74, 6) is 0.487. The van der Waals surface area contributed by atoms with Crippen LogP contribution in [0.3, 0.4) is 0 Å². The number of piperazine rings is 1. The van der Waals surface area contributed by atoms with Crippen LogP contribution in [0.15, 0.2) is 30.3 Å². The molecule has 3 aliphatic rings. The monoisotopic (exact) mass is 344 g/mol. The van der Waals surface area contributed by atoms with Crippen LogP contribution >= 0.6 is 0 Å². The Morgan fingerprint density at radius 3 is 2.28 bits per heavy atom. The number of nitrogens with zero attached hydrogens (tertiary/aromatic N) is 2. The van der Waals surface area contributed by atoms with Crippen molar-refractivity contribution >= 4 is 11.6 Å². The molecule has 25 heavy (non-hydrogen) atoms. The van der Waals surface area contributed by atoms with E-state index in [1.165, 1.54) is 5.69 Å². The summed E-state index contributed by atoms with van der Waals surface area (Å²) in [5.41, 5.74) is 1.25. The lowest BCUT2D eigenvalue weighted by Crippen LogP contribution is -2.49. The molecule has 2 heterocycles. The van der Waals surface area contributed by atoms with Gasteiger partial charge in [0.15, 0.2) is 5.79 Å². The SMILES string of the molecule is O=C(CC1CCC2(CC1)OCCO2)N1CCN(c2ccccc2)CC1. The van der Waals surface area contributed by atoms with Crippen molar-refractivity contribution in [2.45, 2.75) is 37.9 Å². The van der Waals surface area contributed by atoms with Crippen molar-refractivity contribution in [3.63, 3.8) is 0 Å². The van der Waals surface area contributed by atoms with Crippen LogP contribution in [-0.2, 0) is 14.3 Å². The van der Waals surface area contributed by atoms with E-state index < -0.39 is 0 Å². The molecule has 3 fully saturated rings. The number of anilines is 1. The number of ether oxygens (including phenoxy) is 2. The minimum atomic E-state index is -0.319. The summed E-state index contributed by atoms with van der Waals surface area (Å²) in [7, 11) is 0. The summed E-state index contributed by atoms with van der Waals surface area (Å²) >= 11 is 0. The highest BCUT2D eigenvalue weighted by Gasteiger charge is 2.40. The molecule has 0 atom stereocenters. The Kier molecular flexibility index (Phi) is 4.95. The summed E-state index contributed by atoms with van der Waals surface area (Å²) < 4.78 is 11.6. The maximum absolute atomic E-state index is 12.7. The molecule has 2 aliphatic heterocycles. The number of benzene rings is 1. The standard InChI is InChI=1S/C20H28N2O3/c23-19(16-17-6-8-20(9-7-17)24-14-15-25-20)22-12-10-21(11-13-22)18-4-2-1-3-5-18/h1-5,17H,6-16H2. The maximum atomic E-state index is 12.7. The molecule has 1 amide bonds. The molecule has 0 radical (unpaired) electrons. The number of carbonyl (C=O) groups excluding carboxylic acids is 1. The summed E-state index contributed by atoms with van der Waals surface area (Å²) in [5, 5.41) is 0. The van der Waals surface area contributed by atoms with Gasteiger partial charge in [0, 0.05) is 51.1 Å². The van der Waals surface area contributed by atoms with E-state index in [-0.39, 0.29) is 5.79 Å². The van der Waals surface area contributed by atoms with Gasteiger partial charge in [-0.15, -0.1) is 0 Å². The lowest BCUT2D eigenvalue weighted by atomic mass is 9.83. The van der Waals surface area contributed by atoms with Gasteiger partial charge >= 0.3 is 0 Å². The highest BCUT2D eigenvalue weighted by atomic mass is 16.7. The highest BCUT2D eigenvalue weighted by Crippen LogP contribution is 2.39. The van der Waals surface area contributed by atoms with Gasteiger partial charge in [0.05, 0.1) is 13.2 Å². The van der Waals surface area contributed by atoms with Crippen molar-refractivity contribution in [3.05, 3.63) is 30.3 Å². The molecule has 0 bridgehead atoms. The minimum Gasteiger partial charge on any atom is -0.368 e. The van der Waals surface area contributed by atoms with Crippen LogP contribution in [0.4, 0.5) is 5.69 Å². The van der Waals surface area contributed by atoms with Gasteiger partial charge in [-0.2, -0.15) is 0 Å². The first-order chi connectivity index (χ1) is 12.2. The summed E-state index contributed by atoms with van der Waals surface area (Å²) in [6.07, 6.45) is 4.63. The molecular formula is C20H28N2O3. The third-order valence-corrected chi connectivity index (χ3v) is 5.90. The Labute approximate surface area is 149 Å². The lowest BCUT2D eigenvalue weighted by Gasteiger charge is -2.38. The van der Waals surface area contributed by atoms with Gasteiger partial charge in [0.2, 0.25) is 5.91 Å². The first kappa shape index (κ1) is 16.9. The molecule has 0 aromatic heterocycles. The second-order valence-electron chi connectivity index (χ2n) is 7.46. The predicted octanol–water partition coefficient (Wildman–Crippen LogP) is 2.66. The molecule has 1 aromatic carbocycles. The van der Waals surface area contributed by atoms with Gasteiger partial charge in [-0.05, 0) is 30.9 Å². The number of rotatable bonds is 3. The van der Waals surface area contributed by atoms with Crippen molar-refractivity contribution in [2.24, 2.45) is 5.92 Å². The average molecular weight is 344 g/mol. The Morgan fingerprint density at radius 1 is 1.00 bits per heavy atom. The van der Waals surface area contributed by atoms with Crippen molar-refractivity contribution < 1.29 is 14.3 Å². The summed E-state index contributed by atoms with van der Waals surface area (Å²) in [6, 6.07) is 10.5. The van der Waals surface area contributed by atoms with Crippen LogP contribution in [0.25, 0.3) is 0 Å². The molecule has 1 aliphatic carbocycles. The zero-order valence-electron chi connectivity index (χ0n) is 14.9. The predicted molar refractivity (Wildman–Crippen MR) is 96.4 cm³/mol. The number of para-hydroxylation sites is 1. The molecule has 1 saturated carbocycles. The van der Waals surface area contributed by atoms with E-state index in [0.29, 0.717) is 18.2 Å². The molecule has 2 saturated heterocycles. The van der Waals surface area contributed by atoms with Crippen molar-refractivity contribution in [3.8, 4) is 0 Å². The number of amides is 1. The molecule has 0 unspecified atom stereocenters. The highest BCUT2D eigenvalue weighted by molar-refractivity contribution is 5.76. The normalized spacial score (nSPS) is 24.0. The third kappa shape index (κ3) is 3.82. The van der Waals surface area contributed by atoms with Crippen LogP contribution in [0.2, 0.25) is 0 Å². The van der Waals surface area contributed by atoms with Gasteiger partial charge in [0.1, 0.15) is 0 Å². The van der Waals surface area contributed by atoms with Gasteiger partial charge in [-0.1, -0.05) is 18.2 Å². The van der Waals surface area contributed by atoms with E-state index in [9.17, 15) is 4.79 Å². The van der Waals surface area contributed by atoms with Crippen molar-refractivity contribution in [1.82, 2.24) is 4.90 Å². The number of hydrogen-bond acceptors (Lipinski definition) is 4. The topological polar surface area (TPSA) is 42.0 Å². The van der Waals surface area contributed by atoms with Gasteiger partial charge in [-0.25, -0.2) is 0 Å². The summed E-state index contributed by atoms with van der Waals surface area (Å²) in [4.78, 5) is 17.1. The van der Waals surface area contributed by atoms with Crippen LogP contribution in [0, 0.1) is 5.92 Å². The molecule has 4 rings (SSSR count). The van der Waals surface area contributed by atoms with Gasteiger partial charge in [-0.3, -0.25) is 4.79 Å². The first-order valence-electron chi connectivity index (χ1n) is 9.60. The van der Waals surface area contributed by atoms with Gasteiger partial charge in [0.25, 0.3) is 0 Å². The Hall–Kier alpha value is -1.59. The van der Waals surface area contributed by atoms with Crippen LogP contribution < -0.4 is 4.90 Å². The Balaban J connectivity index is 1.23. The molecule has 1 spiro atoms. The smallest absolute Gasteiger partial charge is 0.222 e. The van der Waals surface area contributed by atoms with E-state index in [1.54, 1.807) is 0 Å². The summed E-state index contributed by atoms with van der Waals surface area (Å²) in [6.45, 7) is 4.94. The van der Waals surface area contributed by atoms with Crippen LogP contribution in [0.5, 0.6) is 0 Å². The van der Waals surface area contributed by atoms with Crippen LogP contribution in [0.1, 0.15) is 32.1 Å². The second kappa shape index (κ2) is 7.34. The quantitative estimate of drug-likeness (QED) is 0.845. The maximum Gasteiger partial charge on any atom is 0.222 e. The molecule has 0 N–H and O–H groups in total. The zero-order valence-corrected chi connectivity index (χ0v) is 14.9. The average Bonchev–Trinajstić information content (AvgIpc) is 3.13. The van der Waals surface area contributed by atoms with E-state index in [2.05, 4.69) is 29.2 Å². The van der Waals surface area contributed by atoms with Crippen molar-refractivity contribution in [2.75, 3.05) is 44.3 Å². The fourth-order valence-electron chi connectivity index (χ4n) is 4.34. The second-order valence-corrected chi connectivity index (χ2v) is 7.46. The fraction of sp³-hybridized carbons (Fsp3) is 0.650. The molecule has 5 nitrogen and oxygen atoms in total. The zero-order chi connectivity index (χ0) is 17.1. The molecule has 1 aromatic rings. The van der Waals surface area contributed by atoms with E-state index in [0.717, 1.165) is 65.1 Å². The van der Waals surface area contributed by atoms with Gasteiger partial charge < -0.3 is 19.3 Å². The third-order valence-electron chi connectivity index (χ3n) is 5.90. The van der Waals surface area contributed by atoms with Crippen molar-refractivity contribution in [1.29, 1.82) is 0 Å². The first-order valence-corrected chi connectivity index (χ1v) is 9.60. The fourth-order valence-corrected chi connectivity index (χ4v) is 4.34. The number of carbonyl (C=O) groups is 1. The molecule has 5 heteroatoms. The Bertz CT molecular complexity index is 568. The van der Waals surface area contributed by atoms with Crippen LogP contribution in [-0.4, -0.2) is 56.0 Å². The molecular weight excluding hydrogens is 316 g/mol. The minimum absolute atomic E-state index is 0.319. The lowest BCUT2D eigenvalue weighted by molar-refractivity contribution is -0.183. The van der Waals surface area contributed by atoms with E-state index in [4.69, 9.17) is 9.47 Å². The molecule has 136 valence electrons.